The summed E-state index contributed by atoms with van der Waals surface area (Å²) in [7, 11) is 0. The van der Waals surface area contributed by atoms with Crippen molar-refractivity contribution >= 4 is 17.9 Å². The smallest absolute Gasteiger partial charge is 0.338 e. The van der Waals surface area contributed by atoms with E-state index in [0.717, 1.165) is 6.42 Å². The van der Waals surface area contributed by atoms with Gasteiger partial charge in [0.25, 0.3) is 0 Å². The normalized spacial score (nSPS) is 10.1. The molecule has 0 aliphatic carbocycles. The van der Waals surface area contributed by atoms with Gasteiger partial charge in [-0.3, -0.25) is 0 Å². The van der Waals surface area contributed by atoms with Gasteiger partial charge in [0.2, 0.25) is 0 Å². The fraction of sp³-hybridized carbons (Fsp3) is 0.480. The molecule has 1 aromatic rings. The summed E-state index contributed by atoms with van der Waals surface area (Å²) in [4.78, 5) is 37.4. The van der Waals surface area contributed by atoms with Crippen molar-refractivity contribution in [1.82, 2.24) is 0 Å². The minimum absolute atomic E-state index is 0.0774. The topological polar surface area (TPSA) is 97.4 Å². The average molecular weight is 463 g/mol. The number of rotatable bonds is 18. The maximum atomic E-state index is 12.5. The van der Waals surface area contributed by atoms with Gasteiger partial charge in [-0.25, -0.2) is 14.4 Å². The average Bonchev–Trinajstić information content (AvgIpc) is 2.83. The Kier molecular flexibility index (Phi) is 14.5. The van der Waals surface area contributed by atoms with Gasteiger partial charge in [-0.1, -0.05) is 26.5 Å². The van der Waals surface area contributed by atoms with Crippen LogP contribution >= 0.6 is 0 Å². The zero-order chi connectivity index (χ0) is 24.3. The second-order valence-corrected chi connectivity index (χ2v) is 7.05. The van der Waals surface area contributed by atoms with E-state index in [1.54, 1.807) is 0 Å². The van der Waals surface area contributed by atoms with Gasteiger partial charge in [0, 0.05) is 0 Å². The molecule has 0 saturated carbocycles. The number of benzene rings is 1. The van der Waals surface area contributed by atoms with Crippen molar-refractivity contribution < 1.29 is 38.1 Å². The molecular formula is C25H34O8. The van der Waals surface area contributed by atoms with Crippen LogP contribution in [0.1, 0.15) is 76.5 Å². The summed E-state index contributed by atoms with van der Waals surface area (Å²) in [5, 5.41) is 0. The molecule has 8 nitrogen and oxygen atoms in total. The summed E-state index contributed by atoms with van der Waals surface area (Å²) in [6, 6.07) is 4.08. The van der Waals surface area contributed by atoms with Crippen LogP contribution in [0.4, 0.5) is 0 Å². The lowest BCUT2D eigenvalue weighted by atomic mass is 10.1. The summed E-state index contributed by atoms with van der Waals surface area (Å²) in [5.41, 5.74) is 0.244. The maximum absolute atomic E-state index is 12.5. The number of hydrogen-bond donors (Lipinski definition) is 0. The number of unbranched alkanes of at least 4 members (excludes halogenated alkanes) is 3. The van der Waals surface area contributed by atoms with Gasteiger partial charge in [0.05, 0.1) is 62.2 Å². The molecule has 0 aliphatic heterocycles. The van der Waals surface area contributed by atoms with Crippen molar-refractivity contribution in [3.8, 4) is 0 Å². The van der Waals surface area contributed by atoms with Gasteiger partial charge in [0.1, 0.15) is 0 Å². The van der Waals surface area contributed by atoms with Crippen LogP contribution in [-0.4, -0.2) is 50.9 Å². The summed E-state index contributed by atoms with van der Waals surface area (Å²) in [5.74, 6) is -1.90. The quantitative estimate of drug-likeness (QED) is 0.132. The lowest BCUT2D eigenvalue weighted by Gasteiger charge is -2.11. The first kappa shape index (κ1) is 27.7. The molecule has 8 heteroatoms. The van der Waals surface area contributed by atoms with Crippen molar-refractivity contribution in [2.45, 2.75) is 45.4 Å². The molecule has 1 rings (SSSR count). The van der Waals surface area contributed by atoms with Gasteiger partial charge in [-0.15, -0.1) is 0 Å². The number of esters is 3. The third-order valence-corrected chi connectivity index (χ3v) is 4.39. The zero-order valence-electron chi connectivity index (χ0n) is 19.3. The number of carbonyl (C=O) groups is 3. The lowest BCUT2D eigenvalue weighted by Crippen LogP contribution is -2.14. The van der Waals surface area contributed by atoms with Crippen LogP contribution in [0.3, 0.4) is 0 Å². The minimum atomic E-state index is -0.640. The Bertz CT molecular complexity index is 721. The highest BCUT2D eigenvalue weighted by atomic mass is 16.5. The van der Waals surface area contributed by atoms with E-state index in [2.05, 4.69) is 13.2 Å². The highest BCUT2D eigenvalue weighted by Crippen LogP contribution is 2.15. The van der Waals surface area contributed by atoms with Gasteiger partial charge < -0.3 is 23.7 Å². The standard InChI is InChI=1S/C25H34O8/c1-4-7-14-31-23(26)20-17-21(24(27)32-15-10-8-12-29-5-2)19-22(18-20)25(28)33-16-11-9-13-30-6-3/h5-6,17-19H,2-4,7-16H2,1H3. The maximum Gasteiger partial charge on any atom is 0.338 e. The first-order valence-electron chi connectivity index (χ1n) is 11.1. The Morgan fingerprint density at radius 3 is 1.30 bits per heavy atom. The third kappa shape index (κ3) is 11.8. The molecule has 0 heterocycles. The van der Waals surface area contributed by atoms with Crippen molar-refractivity contribution in [3.05, 3.63) is 60.6 Å². The van der Waals surface area contributed by atoms with Crippen LogP contribution < -0.4 is 0 Å². The molecule has 182 valence electrons. The van der Waals surface area contributed by atoms with Crippen LogP contribution in [0.15, 0.2) is 43.9 Å². The van der Waals surface area contributed by atoms with E-state index in [1.807, 2.05) is 6.92 Å². The molecule has 0 spiro atoms. The number of ether oxygens (including phenoxy) is 5. The van der Waals surface area contributed by atoms with Crippen LogP contribution in [0.25, 0.3) is 0 Å². The van der Waals surface area contributed by atoms with E-state index >= 15 is 0 Å². The molecule has 33 heavy (non-hydrogen) atoms. The molecule has 0 N–H and O–H groups in total. The first-order valence-corrected chi connectivity index (χ1v) is 11.1. The predicted molar refractivity (Wildman–Crippen MR) is 123 cm³/mol. The minimum Gasteiger partial charge on any atom is -0.502 e. The van der Waals surface area contributed by atoms with E-state index in [9.17, 15) is 14.4 Å². The van der Waals surface area contributed by atoms with E-state index < -0.39 is 17.9 Å². The highest BCUT2D eigenvalue weighted by molar-refractivity contribution is 6.00. The van der Waals surface area contributed by atoms with Gasteiger partial charge in [-0.05, 0) is 50.3 Å². The first-order chi connectivity index (χ1) is 16.0. The molecule has 0 fully saturated rings. The molecule has 0 unspecified atom stereocenters. The van der Waals surface area contributed by atoms with E-state index in [-0.39, 0.29) is 36.5 Å². The number of carbonyl (C=O) groups excluding carboxylic acids is 3. The molecule has 0 bridgehead atoms. The molecule has 0 amide bonds. The number of hydrogen-bond acceptors (Lipinski definition) is 8. The Labute approximate surface area is 195 Å². The van der Waals surface area contributed by atoms with Gasteiger partial charge in [-0.2, -0.15) is 0 Å². The molecular weight excluding hydrogens is 428 g/mol. The second-order valence-electron chi connectivity index (χ2n) is 7.05. The zero-order valence-corrected chi connectivity index (χ0v) is 19.3. The lowest BCUT2D eigenvalue weighted by molar-refractivity contribution is 0.0489. The summed E-state index contributed by atoms with van der Waals surface area (Å²) < 4.78 is 25.8. The van der Waals surface area contributed by atoms with Crippen LogP contribution in [-0.2, 0) is 23.7 Å². The van der Waals surface area contributed by atoms with E-state index in [1.165, 1.54) is 30.7 Å². The summed E-state index contributed by atoms with van der Waals surface area (Å²) >= 11 is 0. The third-order valence-electron chi connectivity index (χ3n) is 4.39. The predicted octanol–water partition coefficient (Wildman–Crippen LogP) is 4.84. The Hall–Kier alpha value is -3.29. The van der Waals surface area contributed by atoms with E-state index in [4.69, 9.17) is 23.7 Å². The summed E-state index contributed by atoms with van der Waals surface area (Å²) in [6.45, 7) is 10.5. The van der Waals surface area contributed by atoms with Crippen LogP contribution in [0.5, 0.6) is 0 Å². The Morgan fingerprint density at radius 2 is 0.970 bits per heavy atom. The largest absolute Gasteiger partial charge is 0.502 e. The van der Waals surface area contributed by atoms with Crippen molar-refractivity contribution in [2.24, 2.45) is 0 Å². The van der Waals surface area contributed by atoms with Crippen molar-refractivity contribution in [1.29, 1.82) is 0 Å². The van der Waals surface area contributed by atoms with Crippen LogP contribution in [0, 0.1) is 0 Å². The Balaban J connectivity index is 2.82. The highest BCUT2D eigenvalue weighted by Gasteiger charge is 2.19. The molecule has 0 atom stereocenters. The molecule has 0 saturated heterocycles. The summed E-state index contributed by atoms with van der Waals surface area (Å²) in [6.07, 6.45) is 6.88. The molecule has 1 aromatic carbocycles. The van der Waals surface area contributed by atoms with Crippen molar-refractivity contribution in [3.63, 3.8) is 0 Å². The Morgan fingerprint density at radius 1 is 0.636 bits per heavy atom. The van der Waals surface area contributed by atoms with Gasteiger partial charge in [0.15, 0.2) is 0 Å². The van der Waals surface area contributed by atoms with E-state index in [0.29, 0.717) is 45.3 Å². The van der Waals surface area contributed by atoms with Gasteiger partial charge >= 0.3 is 17.9 Å². The molecule has 0 radical (unpaired) electrons. The SMILES string of the molecule is C=COCCCCOC(=O)c1cc(C(=O)OCCCC)cc(C(=O)OCCCCOC=C)c1. The fourth-order valence-electron chi connectivity index (χ4n) is 2.61. The van der Waals surface area contributed by atoms with Crippen molar-refractivity contribution in [2.75, 3.05) is 33.0 Å². The molecule has 0 aliphatic rings. The second kappa shape index (κ2) is 17.3. The monoisotopic (exact) mass is 462 g/mol. The fourth-order valence-corrected chi connectivity index (χ4v) is 2.61. The molecule has 0 aromatic heterocycles. The van der Waals surface area contributed by atoms with Crippen LogP contribution in [0.2, 0.25) is 0 Å².